The van der Waals surface area contributed by atoms with Gasteiger partial charge in [0.2, 0.25) is 12.7 Å². The van der Waals surface area contributed by atoms with Crippen molar-refractivity contribution in [3.63, 3.8) is 0 Å². The summed E-state index contributed by atoms with van der Waals surface area (Å²) in [4.78, 5) is 11.8. The number of carbonyl (C=O) groups excluding carboxylic acids is 1. The molecule has 1 atom stereocenters. The van der Waals surface area contributed by atoms with Crippen molar-refractivity contribution < 1.29 is 19.4 Å². The molecular formula is C19H18ClNO4. The number of amides is 1. The van der Waals surface area contributed by atoms with Crippen LogP contribution in [-0.4, -0.2) is 24.4 Å². The zero-order chi connectivity index (χ0) is 17.6. The zero-order valence-corrected chi connectivity index (χ0v) is 14.2. The number of rotatable bonds is 6. The van der Waals surface area contributed by atoms with Crippen molar-refractivity contribution in [2.75, 3.05) is 13.3 Å². The number of nitrogens with one attached hydrogen (secondary N) is 1. The number of carbonyl (C=O) groups is 1. The van der Waals surface area contributed by atoms with Gasteiger partial charge in [-0.3, -0.25) is 4.79 Å². The van der Waals surface area contributed by atoms with Gasteiger partial charge in [0.15, 0.2) is 11.5 Å². The van der Waals surface area contributed by atoms with Crippen LogP contribution < -0.4 is 14.8 Å². The summed E-state index contributed by atoms with van der Waals surface area (Å²) < 4.78 is 10.5. The standard InChI is InChI=1S/C19H18ClNO4/c20-15-4-2-1-3-13(15)6-8-19(23)21-10-9-16(22)14-5-7-17-18(11-14)25-12-24-17/h1-8,11,16,22H,9-10,12H2,(H,21,23). The average Bonchev–Trinajstić information content (AvgIpc) is 3.08. The third-order valence-corrected chi connectivity index (χ3v) is 4.16. The van der Waals surface area contributed by atoms with E-state index in [0.717, 1.165) is 11.1 Å². The predicted molar refractivity (Wildman–Crippen MR) is 95.6 cm³/mol. The molecule has 5 nitrogen and oxygen atoms in total. The van der Waals surface area contributed by atoms with Gasteiger partial charge in [0.05, 0.1) is 6.10 Å². The lowest BCUT2D eigenvalue weighted by atomic mass is 10.1. The Morgan fingerprint density at radius 1 is 1.24 bits per heavy atom. The lowest BCUT2D eigenvalue weighted by Crippen LogP contribution is -2.23. The predicted octanol–water partition coefficient (Wildman–Crippen LogP) is 3.32. The van der Waals surface area contributed by atoms with Crippen molar-refractivity contribution in [2.45, 2.75) is 12.5 Å². The summed E-state index contributed by atoms with van der Waals surface area (Å²) in [5, 5.41) is 13.6. The van der Waals surface area contributed by atoms with Crippen LogP contribution in [0.25, 0.3) is 6.08 Å². The van der Waals surface area contributed by atoms with Crippen LogP contribution in [0.5, 0.6) is 11.5 Å². The molecule has 0 radical (unpaired) electrons. The Morgan fingerprint density at radius 3 is 2.88 bits per heavy atom. The molecule has 2 N–H and O–H groups in total. The summed E-state index contributed by atoms with van der Waals surface area (Å²) in [7, 11) is 0. The molecule has 6 heteroatoms. The van der Waals surface area contributed by atoms with Crippen molar-refractivity contribution in [1.82, 2.24) is 5.32 Å². The molecule has 0 saturated carbocycles. The zero-order valence-electron chi connectivity index (χ0n) is 13.4. The number of benzene rings is 2. The van der Waals surface area contributed by atoms with Gasteiger partial charge < -0.3 is 19.9 Å². The molecule has 0 spiro atoms. The Hall–Kier alpha value is -2.50. The van der Waals surface area contributed by atoms with Gasteiger partial charge in [-0.25, -0.2) is 0 Å². The second kappa shape index (κ2) is 8.05. The van der Waals surface area contributed by atoms with Crippen molar-refractivity contribution >= 4 is 23.6 Å². The number of fused-ring (bicyclic) bond motifs is 1. The molecule has 3 rings (SSSR count). The van der Waals surface area contributed by atoms with E-state index in [0.29, 0.717) is 29.5 Å². The summed E-state index contributed by atoms with van der Waals surface area (Å²) >= 11 is 6.03. The van der Waals surface area contributed by atoms with E-state index >= 15 is 0 Å². The highest BCUT2D eigenvalue weighted by Gasteiger charge is 2.16. The maximum atomic E-state index is 11.8. The van der Waals surface area contributed by atoms with E-state index in [4.69, 9.17) is 21.1 Å². The minimum atomic E-state index is -0.692. The number of halogens is 1. The van der Waals surface area contributed by atoms with E-state index < -0.39 is 6.10 Å². The maximum Gasteiger partial charge on any atom is 0.244 e. The molecule has 1 aliphatic rings. The Morgan fingerprint density at radius 2 is 2.04 bits per heavy atom. The highest BCUT2D eigenvalue weighted by atomic mass is 35.5. The molecule has 1 aliphatic heterocycles. The summed E-state index contributed by atoms with van der Waals surface area (Å²) in [5.74, 6) is 1.06. The Balaban J connectivity index is 1.47. The third kappa shape index (κ3) is 4.53. The number of aliphatic hydroxyl groups is 1. The molecule has 0 saturated heterocycles. The Labute approximate surface area is 150 Å². The fraction of sp³-hybridized carbons (Fsp3) is 0.211. The summed E-state index contributed by atoms with van der Waals surface area (Å²) in [6.07, 6.45) is 2.79. The average molecular weight is 360 g/mol. The molecule has 0 bridgehead atoms. The van der Waals surface area contributed by atoms with Gasteiger partial charge in [0.1, 0.15) is 0 Å². The summed E-state index contributed by atoms with van der Waals surface area (Å²) in [5.41, 5.74) is 1.50. The quantitative estimate of drug-likeness (QED) is 0.776. The molecular weight excluding hydrogens is 342 g/mol. The lowest BCUT2D eigenvalue weighted by Gasteiger charge is -2.11. The van der Waals surface area contributed by atoms with Crippen LogP contribution in [-0.2, 0) is 4.79 Å². The molecule has 0 fully saturated rings. The Bertz CT molecular complexity index is 791. The van der Waals surface area contributed by atoms with Crippen LogP contribution in [0, 0.1) is 0 Å². The largest absolute Gasteiger partial charge is 0.454 e. The number of hydrogen-bond acceptors (Lipinski definition) is 4. The molecule has 2 aromatic carbocycles. The van der Waals surface area contributed by atoms with Gasteiger partial charge in [0.25, 0.3) is 0 Å². The minimum absolute atomic E-state index is 0.197. The number of ether oxygens (including phenoxy) is 2. The molecule has 25 heavy (non-hydrogen) atoms. The van der Waals surface area contributed by atoms with Crippen LogP contribution in [0.2, 0.25) is 5.02 Å². The normalized spacial score (nSPS) is 13.8. The first-order valence-corrected chi connectivity index (χ1v) is 8.29. The van der Waals surface area contributed by atoms with Gasteiger partial charge in [-0.05, 0) is 41.8 Å². The first kappa shape index (κ1) is 17.3. The second-order valence-electron chi connectivity index (χ2n) is 5.56. The van der Waals surface area contributed by atoms with Crippen LogP contribution in [0.4, 0.5) is 0 Å². The van der Waals surface area contributed by atoms with Crippen molar-refractivity contribution in [1.29, 1.82) is 0 Å². The second-order valence-corrected chi connectivity index (χ2v) is 5.97. The monoisotopic (exact) mass is 359 g/mol. The van der Waals surface area contributed by atoms with Crippen LogP contribution >= 0.6 is 11.6 Å². The van der Waals surface area contributed by atoms with Gasteiger partial charge in [-0.2, -0.15) is 0 Å². The van der Waals surface area contributed by atoms with Gasteiger partial charge in [0, 0.05) is 17.6 Å². The highest BCUT2D eigenvalue weighted by Crippen LogP contribution is 2.34. The molecule has 0 aromatic heterocycles. The first-order chi connectivity index (χ1) is 12.1. The topological polar surface area (TPSA) is 67.8 Å². The lowest BCUT2D eigenvalue weighted by molar-refractivity contribution is -0.116. The Kier molecular flexibility index (Phi) is 5.58. The van der Waals surface area contributed by atoms with Crippen molar-refractivity contribution in [3.8, 4) is 11.5 Å². The molecule has 2 aromatic rings. The summed E-state index contributed by atoms with van der Waals surface area (Å²) in [6, 6.07) is 12.6. The smallest absolute Gasteiger partial charge is 0.244 e. The van der Waals surface area contributed by atoms with Crippen molar-refractivity contribution in [3.05, 3.63) is 64.7 Å². The van der Waals surface area contributed by atoms with Gasteiger partial charge in [-0.15, -0.1) is 0 Å². The molecule has 1 unspecified atom stereocenters. The minimum Gasteiger partial charge on any atom is -0.454 e. The van der Waals surface area contributed by atoms with Gasteiger partial charge in [-0.1, -0.05) is 35.9 Å². The summed E-state index contributed by atoms with van der Waals surface area (Å²) in [6.45, 7) is 0.546. The van der Waals surface area contributed by atoms with Crippen LogP contribution in [0.3, 0.4) is 0 Å². The maximum absolute atomic E-state index is 11.8. The van der Waals surface area contributed by atoms with E-state index in [1.165, 1.54) is 6.08 Å². The van der Waals surface area contributed by atoms with E-state index in [2.05, 4.69) is 5.32 Å². The third-order valence-electron chi connectivity index (χ3n) is 3.82. The highest BCUT2D eigenvalue weighted by molar-refractivity contribution is 6.32. The van der Waals surface area contributed by atoms with E-state index in [1.54, 1.807) is 30.3 Å². The van der Waals surface area contributed by atoms with E-state index in [1.807, 2.05) is 18.2 Å². The molecule has 130 valence electrons. The first-order valence-electron chi connectivity index (χ1n) is 7.91. The van der Waals surface area contributed by atoms with Crippen LogP contribution in [0.15, 0.2) is 48.5 Å². The van der Waals surface area contributed by atoms with E-state index in [-0.39, 0.29) is 12.7 Å². The van der Waals surface area contributed by atoms with Crippen molar-refractivity contribution in [2.24, 2.45) is 0 Å². The van der Waals surface area contributed by atoms with Gasteiger partial charge >= 0.3 is 0 Å². The number of hydrogen-bond donors (Lipinski definition) is 2. The number of aliphatic hydroxyl groups excluding tert-OH is 1. The SMILES string of the molecule is O=C(C=Cc1ccccc1Cl)NCCC(O)c1ccc2c(c1)OCO2. The molecule has 0 aliphatic carbocycles. The fourth-order valence-electron chi connectivity index (χ4n) is 2.45. The fourth-order valence-corrected chi connectivity index (χ4v) is 2.65. The van der Waals surface area contributed by atoms with E-state index in [9.17, 15) is 9.90 Å². The molecule has 1 amide bonds. The van der Waals surface area contributed by atoms with Crippen LogP contribution in [0.1, 0.15) is 23.7 Å². The molecule has 1 heterocycles.